The van der Waals surface area contributed by atoms with Crippen LogP contribution in [0.15, 0.2) is 48.5 Å². The van der Waals surface area contributed by atoms with Crippen LogP contribution in [0.25, 0.3) is 0 Å². The second kappa shape index (κ2) is 10.7. The molecule has 0 bridgehead atoms. The molecule has 1 heterocycles. The highest BCUT2D eigenvalue weighted by atomic mass is 35.5. The summed E-state index contributed by atoms with van der Waals surface area (Å²) in [6.45, 7) is 4.90. The highest BCUT2D eigenvalue weighted by Crippen LogP contribution is 2.35. The van der Waals surface area contributed by atoms with Gasteiger partial charge in [0.1, 0.15) is 5.54 Å². The fourth-order valence-electron chi connectivity index (χ4n) is 3.77. The SMILES string of the molecule is COC(=O)CCCN(Cc1ccc(C)cc1)C(=O)C1(C)CCN1C(=O)Oc1ccccc1Cl. The normalized spacial score (nSPS) is 17.2. The number of aryl methyl sites for hydroxylation is 1. The zero-order chi connectivity index (χ0) is 24.0. The van der Waals surface area contributed by atoms with Gasteiger partial charge in [0.25, 0.3) is 0 Å². The van der Waals surface area contributed by atoms with Crippen molar-refractivity contribution in [2.45, 2.75) is 45.2 Å². The molecular formula is C25H29ClN2O5. The summed E-state index contributed by atoms with van der Waals surface area (Å²) in [5.74, 6) is -0.256. The van der Waals surface area contributed by atoms with E-state index in [-0.39, 0.29) is 24.0 Å². The van der Waals surface area contributed by atoms with Crippen LogP contribution < -0.4 is 4.74 Å². The number of nitrogens with zero attached hydrogens (tertiary/aromatic N) is 2. The third-order valence-electron chi connectivity index (χ3n) is 5.95. The second-order valence-electron chi connectivity index (χ2n) is 8.37. The van der Waals surface area contributed by atoms with Crippen LogP contribution in [-0.2, 0) is 20.9 Å². The lowest BCUT2D eigenvalue weighted by molar-refractivity contribution is -0.151. The van der Waals surface area contributed by atoms with E-state index in [9.17, 15) is 14.4 Å². The Morgan fingerprint density at radius 3 is 2.42 bits per heavy atom. The van der Waals surface area contributed by atoms with Gasteiger partial charge in [-0.2, -0.15) is 0 Å². The van der Waals surface area contributed by atoms with E-state index in [1.807, 2.05) is 31.2 Å². The molecule has 3 rings (SSSR count). The molecule has 7 nitrogen and oxygen atoms in total. The van der Waals surface area contributed by atoms with E-state index in [4.69, 9.17) is 21.1 Å². The van der Waals surface area contributed by atoms with E-state index in [1.165, 1.54) is 12.0 Å². The lowest BCUT2D eigenvalue weighted by atomic mass is 9.85. The second-order valence-corrected chi connectivity index (χ2v) is 8.77. The van der Waals surface area contributed by atoms with Gasteiger partial charge in [0.2, 0.25) is 5.91 Å². The van der Waals surface area contributed by atoms with Gasteiger partial charge in [0.05, 0.1) is 12.1 Å². The number of hydrogen-bond donors (Lipinski definition) is 0. The molecule has 176 valence electrons. The van der Waals surface area contributed by atoms with Crippen LogP contribution in [0.4, 0.5) is 4.79 Å². The lowest BCUT2D eigenvalue weighted by Gasteiger charge is -2.49. The average Bonchev–Trinajstić information content (AvgIpc) is 2.79. The molecule has 1 fully saturated rings. The van der Waals surface area contributed by atoms with Gasteiger partial charge in [0, 0.05) is 26.1 Å². The van der Waals surface area contributed by atoms with Crippen LogP contribution in [0.2, 0.25) is 5.02 Å². The Morgan fingerprint density at radius 2 is 1.82 bits per heavy atom. The molecule has 1 saturated heterocycles. The highest BCUT2D eigenvalue weighted by Gasteiger charge is 2.52. The van der Waals surface area contributed by atoms with E-state index in [0.717, 1.165) is 11.1 Å². The number of benzene rings is 2. The molecule has 2 aromatic carbocycles. The number of para-hydroxylation sites is 1. The molecule has 1 aliphatic rings. The van der Waals surface area contributed by atoms with E-state index >= 15 is 0 Å². The third kappa shape index (κ3) is 5.85. The van der Waals surface area contributed by atoms with Crippen molar-refractivity contribution in [3.8, 4) is 5.75 Å². The van der Waals surface area contributed by atoms with Gasteiger partial charge in [-0.05, 0) is 44.4 Å². The van der Waals surface area contributed by atoms with E-state index in [1.54, 1.807) is 36.1 Å². The fraction of sp³-hybridized carbons (Fsp3) is 0.400. The molecule has 2 aromatic rings. The van der Waals surface area contributed by atoms with Gasteiger partial charge < -0.3 is 14.4 Å². The molecule has 1 atom stereocenters. The van der Waals surface area contributed by atoms with Crippen molar-refractivity contribution in [1.29, 1.82) is 0 Å². The molecule has 1 unspecified atom stereocenters. The molecule has 8 heteroatoms. The number of esters is 1. The number of halogens is 1. The lowest BCUT2D eigenvalue weighted by Crippen LogP contribution is -2.68. The Labute approximate surface area is 199 Å². The number of rotatable bonds is 8. The van der Waals surface area contributed by atoms with Crippen LogP contribution >= 0.6 is 11.6 Å². The molecule has 0 N–H and O–H groups in total. The van der Waals surface area contributed by atoms with Crippen molar-refractivity contribution in [3.05, 3.63) is 64.7 Å². The zero-order valence-corrected chi connectivity index (χ0v) is 19.9. The Hall–Kier alpha value is -3.06. The molecule has 0 radical (unpaired) electrons. The minimum absolute atomic E-state index is 0.185. The maximum Gasteiger partial charge on any atom is 0.416 e. The summed E-state index contributed by atoms with van der Waals surface area (Å²) in [6, 6.07) is 14.6. The topological polar surface area (TPSA) is 76.2 Å². The van der Waals surface area contributed by atoms with Crippen LogP contribution in [0.5, 0.6) is 5.75 Å². The number of carbonyl (C=O) groups is 3. The van der Waals surface area contributed by atoms with Crippen molar-refractivity contribution in [1.82, 2.24) is 9.80 Å². The van der Waals surface area contributed by atoms with Crippen molar-refractivity contribution in [3.63, 3.8) is 0 Å². The molecule has 0 spiro atoms. The average molecular weight is 473 g/mol. The van der Waals surface area contributed by atoms with Gasteiger partial charge in [-0.15, -0.1) is 0 Å². The van der Waals surface area contributed by atoms with Crippen LogP contribution in [0.1, 0.15) is 37.3 Å². The molecule has 0 saturated carbocycles. The van der Waals surface area contributed by atoms with Gasteiger partial charge in [-0.1, -0.05) is 53.6 Å². The summed E-state index contributed by atoms with van der Waals surface area (Å²) >= 11 is 6.11. The quantitative estimate of drug-likeness (QED) is 0.525. The standard InChI is InChI=1S/C25H29ClN2O5/c1-18-10-12-19(13-11-18)17-27(15-6-9-22(29)32-3)23(30)25(2)14-16-28(25)24(31)33-21-8-5-4-7-20(21)26/h4-5,7-8,10-13H,6,9,14-17H2,1-3H3. The van der Waals surface area contributed by atoms with Crippen LogP contribution in [0.3, 0.4) is 0 Å². The largest absolute Gasteiger partial charge is 0.469 e. The summed E-state index contributed by atoms with van der Waals surface area (Å²) < 4.78 is 10.2. The minimum Gasteiger partial charge on any atom is -0.469 e. The number of amides is 2. The smallest absolute Gasteiger partial charge is 0.416 e. The van der Waals surface area contributed by atoms with Gasteiger partial charge in [-0.25, -0.2) is 4.79 Å². The third-order valence-corrected chi connectivity index (χ3v) is 6.26. The Bertz CT molecular complexity index is 1010. The van der Waals surface area contributed by atoms with E-state index in [2.05, 4.69) is 0 Å². The molecule has 2 amide bonds. The first-order valence-electron chi connectivity index (χ1n) is 10.9. The van der Waals surface area contributed by atoms with E-state index in [0.29, 0.717) is 37.5 Å². The fourth-order valence-corrected chi connectivity index (χ4v) is 3.95. The number of likely N-dealkylation sites (tertiary alicyclic amines) is 1. The van der Waals surface area contributed by atoms with Crippen molar-refractivity contribution in [2.24, 2.45) is 0 Å². The highest BCUT2D eigenvalue weighted by molar-refractivity contribution is 6.32. The van der Waals surface area contributed by atoms with Crippen molar-refractivity contribution >= 4 is 29.6 Å². The predicted molar refractivity (Wildman–Crippen MR) is 125 cm³/mol. The molecule has 0 aliphatic carbocycles. The number of carbonyl (C=O) groups excluding carboxylic acids is 3. The van der Waals surface area contributed by atoms with Crippen molar-refractivity contribution < 1.29 is 23.9 Å². The first-order valence-corrected chi connectivity index (χ1v) is 11.3. The molecule has 33 heavy (non-hydrogen) atoms. The Kier molecular flexibility index (Phi) is 7.97. The maximum absolute atomic E-state index is 13.6. The number of methoxy groups -OCH3 is 1. The van der Waals surface area contributed by atoms with Gasteiger partial charge in [-0.3, -0.25) is 14.5 Å². The molecular weight excluding hydrogens is 444 g/mol. The summed E-state index contributed by atoms with van der Waals surface area (Å²) in [4.78, 5) is 41.2. The summed E-state index contributed by atoms with van der Waals surface area (Å²) in [7, 11) is 1.34. The summed E-state index contributed by atoms with van der Waals surface area (Å²) in [5.41, 5.74) is 1.07. The van der Waals surface area contributed by atoms with Crippen molar-refractivity contribution in [2.75, 3.05) is 20.2 Å². The summed E-state index contributed by atoms with van der Waals surface area (Å²) in [5, 5.41) is 0.322. The Morgan fingerprint density at radius 1 is 1.12 bits per heavy atom. The Balaban J connectivity index is 1.74. The predicted octanol–water partition coefficient (Wildman–Crippen LogP) is 4.59. The van der Waals surface area contributed by atoms with Crippen LogP contribution in [-0.4, -0.2) is 53.5 Å². The minimum atomic E-state index is -1.03. The number of hydrogen-bond acceptors (Lipinski definition) is 5. The molecule has 1 aliphatic heterocycles. The van der Waals surface area contributed by atoms with E-state index < -0.39 is 11.6 Å². The summed E-state index contributed by atoms with van der Waals surface area (Å²) in [6.07, 6.45) is 0.577. The number of ether oxygens (including phenoxy) is 2. The first kappa shape index (κ1) is 24.6. The van der Waals surface area contributed by atoms with Gasteiger partial charge in [0.15, 0.2) is 5.75 Å². The monoisotopic (exact) mass is 472 g/mol. The first-order chi connectivity index (χ1) is 15.7. The van der Waals surface area contributed by atoms with Crippen LogP contribution in [0, 0.1) is 6.92 Å². The van der Waals surface area contributed by atoms with Gasteiger partial charge >= 0.3 is 12.1 Å². The molecule has 0 aromatic heterocycles. The zero-order valence-electron chi connectivity index (χ0n) is 19.2. The maximum atomic E-state index is 13.6.